The quantitative estimate of drug-likeness (QED) is 0.0318. The van der Waals surface area contributed by atoms with E-state index in [-0.39, 0.29) is 76.2 Å². The number of aliphatic hydroxyl groups excluding tert-OH is 17. The van der Waals surface area contributed by atoms with E-state index < -0.39 is 332 Å². The summed E-state index contributed by atoms with van der Waals surface area (Å²) in [6.45, 7) is 8.68. The second-order valence-electron chi connectivity index (χ2n) is 37.0. The zero-order valence-corrected chi connectivity index (χ0v) is 74.1. The monoisotopic (exact) mass is 1890 g/mol. The number of aliphatic hydroxyl groups is 17. The zero-order chi connectivity index (χ0) is 95.0. The minimum absolute atomic E-state index is 0.0191. The highest BCUT2D eigenvalue weighted by atomic mass is 16.8. The molecule has 0 aromatic rings. The Labute approximate surface area is 753 Å². The van der Waals surface area contributed by atoms with Crippen molar-refractivity contribution >= 4 is 0 Å². The molecule has 10 heterocycles. The van der Waals surface area contributed by atoms with Gasteiger partial charge in [0.05, 0.1) is 119 Å². The fourth-order valence-corrected chi connectivity index (χ4v) is 19.2. The van der Waals surface area contributed by atoms with Crippen LogP contribution >= 0.6 is 0 Å². The predicted molar refractivity (Wildman–Crippen MR) is 445 cm³/mol. The Morgan fingerprint density at radius 3 is 1.02 bits per heavy atom. The summed E-state index contributed by atoms with van der Waals surface area (Å²) in [5.41, 5.74) is 79.7. The molecule has 55 atom stereocenters. The fraction of sp³-hybridized carbons (Fsp3) is 1.00. The molecular formula is C79H153N15O36. The molecule has 51 heteroatoms. The van der Waals surface area contributed by atoms with Crippen molar-refractivity contribution in [3.63, 3.8) is 0 Å². The van der Waals surface area contributed by atoms with E-state index >= 15 is 0 Å². The van der Waals surface area contributed by atoms with Crippen LogP contribution in [0.3, 0.4) is 0 Å². The van der Waals surface area contributed by atoms with Gasteiger partial charge in [-0.3, -0.25) is 0 Å². The minimum atomic E-state index is -1.51. The molecule has 10 saturated heterocycles. The van der Waals surface area contributed by atoms with E-state index in [4.69, 9.17) is 170 Å². The predicted octanol–water partition coefficient (Wildman–Crippen LogP) is -17.2. The van der Waals surface area contributed by atoms with Gasteiger partial charge in [0.25, 0.3) is 0 Å². The molecule has 55 unspecified atom stereocenters. The maximum atomic E-state index is 11.3. The summed E-state index contributed by atoms with van der Waals surface area (Å²) in [5, 5.41) is 185. The highest BCUT2D eigenvalue weighted by Crippen LogP contribution is 2.42. The van der Waals surface area contributed by atoms with Crippen LogP contribution < -0.4 is 85.2 Å². The number of morpholine rings is 1. The summed E-state index contributed by atoms with van der Waals surface area (Å²) in [5.74, 6) is -2.13. The van der Waals surface area contributed by atoms with Gasteiger partial charge in [-0.15, -0.1) is 0 Å². The Morgan fingerprint density at radius 1 is 0.346 bits per heavy atom. The smallest absolute Gasteiger partial charge is 0.187 e. The molecule has 3 saturated carbocycles. The first kappa shape index (κ1) is 108. The molecule has 130 heavy (non-hydrogen) atoms. The average molecular weight is 1890 g/mol. The van der Waals surface area contributed by atoms with E-state index in [1.165, 1.54) is 0 Å². The number of nitrogens with one attached hydrogen (secondary N) is 2. The van der Waals surface area contributed by atoms with Crippen LogP contribution in [0.2, 0.25) is 0 Å². The maximum Gasteiger partial charge on any atom is 0.187 e. The molecule has 10 aliphatic heterocycles. The lowest BCUT2D eigenvalue weighted by Gasteiger charge is -2.46. The first-order valence-electron chi connectivity index (χ1n) is 45.5. The highest BCUT2D eigenvalue weighted by Gasteiger charge is 2.60. The van der Waals surface area contributed by atoms with Gasteiger partial charge in [0.2, 0.25) is 0 Å². The molecule has 13 aliphatic rings. The fourth-order valence-electron chi connectivity index (χ4n) is 19.2. The largest absolute Gasteiger partial charge is 0.395 e. The van der Waals surface area contributed by atoms with Gasteiger partial charge < -0.3 is 262 Å². The third-order valence-electron chi connectivity index (χ3n) is 27.4. The average Bonchev–Trinajstić information content (AvgIpc) is 1.76. The van der Waals surface area contributed by atoms with Crippen LogP contribution in [0, 0.1) is 17.8 Å². The maximum absolute atomic E-state index is 11.3. The SMILES string of the molecule is CC(N)C1OC(OC2C(N)CC(N)C(O)C2OC2OC(CO)C(OC3OC(CN)C(O)C(O)C3C)C2O)C(N)CC1O.CC(NCCO)C1CCC(N)C(OC2C(N)CC(N)C(O)C2OC2OC(CO)C(OC3OC(CN)C(O)C(O)C3C)C2O)O1.CC1C(OC2C(CO)OC(OC3C(O)C(N)CC(N)C3OC3OC(C4COCCN4)CCC3N)C2O)OC(CN)C(O)C1O. The van der Waals surface area contributed by atoms with Crippen molar-refractivity contribution in [3.05, 3.63) is 0 Å². The number of hydrogen-bond acceptors (Lipinski definition) is 51. The second-order valence-corrected chi connectivity index (χ2v) is 37.0. The van der Waals surface area contributed by atoms with Crippen LogP contribution in [-0.4, -0.2) is 478 Å². The molecule has 0 amide bonds. The van der Waals surface area contributed by atoms with Crippen LogP contribution in [0.15, 0.2) is 0 Å². The molecule has 0 aromatic carbocycles. The molecule has 0 radical (unpaired) electrons. The van der Waals surface area contributed by atoms with Crippen molar-refractivity contribution in [3.8, 4) is 0 Å². The molecule has 45 N–H and O–H groups in total. The van der Waals surface area contributed by atoms with Crippen molar-refractivity contribution in [2.75, 3.05) is 72.4 Å². The van der Waals surface area contributed by atoms with E-state index in [1.54, 1.807) is 27.7 Å². The van der Waals surface area contributed by atoms with Crippen molar-refractivity contribution in [1.82, 2.24) is 10.6 Å². The molecule has 13 rings (SSSR count). The standard InChI is InChI=1S/C27H51N5O12.C27H53N5O12.C25H49N5O12/c1-10-18(34)20(36)16(7-28)40-25(10)43-23-17(8-33)41-27(21(23)37)44-24-19(35)12(30)6-13(31)22(24)42-26-11(29)2-3-15(39-26)14-9-38-5-4-32-14;1-10-18(35)20(37)16(8-28)40-25(10)43-23-17(9-34)41-27(21(23)38)44-24-19(36)13(30)7-14(31)22(24)42-26-12(29)3-4-15(39-26)11(2)32-5-6-33;1-7-15(33)17(35)13(5-26)37-23(7)41-21-14(6-31)38-25(18(21)36)42-22-16(34)9(28)3-10(29)20(22)40-24-11(30)4-12(32)19(39-24)8(2)27/h10-27,32-37H,2-9,28-31H2,1H3;10-27,32-38H,3-9,28-31H2,1-2H3;7-25,31-36H,3-6,26-30H2,1-2H3. The molecule has 760 valence electrons. The third kappa shape index (κ3) is 25.1. The summed E-state index contributed by atoms with van der Waals surface area (Å²) in [7, 11) is 0. The number of nitrogens with two attached hydrogens (primary N) is 13. The van der Waals surface area contributed by atoms with E-state index in [2.05, 4.69) is 10.6 Å². The summed E-state index contributed by atoms with van der Waals surface area (Å²) >= 11 is 0. The van der Waals surface area contributed by atoms with E-state index in [0.717, 1.165) is 0 Å². The third-order valence-corrected chi connectivity index (χ3v) is 27.4. The number of hydrogen-bond donors (Lipinski definition) is 32. The van der Waals surface area contributed by atoms with Crippen LogP contribution in [0.4, 0.5) is 0 Å². The van der Waals surface area contributed by atoms with Gasteiger partial charge >= 0.3 is 0 Å². The Bertz CT molecular complexity index is 3300. The topological polar surface area (TPSA) is 882 Å². The van der Waals surface area contributed by atoms with E-state index in [1.807, 2.05) is 6.92 Å². The molecule has 3 aliphatic carbocycles. The molecule has 0 aromatic heterocycles. The normalized spacial score (nSPS) is 51.4. The van der Waals surface area contributed by atoms with Crippen LogP contribution in [0.1, 0.15) is 86.0 Å². The lowest BCUT2D eigenvalue weighted by atomic mass is 9.84. The Hall–Kier alpha value is -2.04. The second kappa shape index (κ2) is 48.9. The van der Waals surface area contributed by atoms with Crippen molar-refractivity contribution in [1.29, 1.82) is 0 Å². The summed E-state index contributed by atoms with van der Waals surface area (Å²) < 4.78 is 113. The lowest BCUT2D eigenvalue weighted by molar-refractivity contribution is -0.300. The van der Waals surface area contributed by atoms with Gasteiger partial charge in [0.1, 0.15) is 134 Å². The van der Waals surface area contributed by atoms with E-state index in [9.17, 15) is 81.7 Å². The van der Waals surface area contributed by atoms with Crippen molar-refractivity contribution < 1.29 is 177 Å². The van der Waals surface area contributed by atoms with E-state index in [0.29, 0.717) is 52.0 Å². The number of ether oxygens (including phenoxy) is 19. The van der Waals surface area contributed by atoms with Gasteiger partial charge in [0.15, 0.2) is 56.6 Å². The lowest BCUT2D eigenvalue weighted by Crippen LogP contribution is -2.66. The highest BCUT2D eigenvalue weighted by molar-refractivity contribution is 5.07. The first-order valence-corrected chi connectivity index (χ1v) is 45.5. The summed E-state index contributed by atoms with van der Waals surface area (Å²) in [6, 6.07) is -6.82. The first-order chi connectivity index (χ1) is 61.7. The summed E-state index contributed by atoms with van der Waals surface area (Å²) in [4.78, 5) is 0. The van der Waals surface area contributed by atoms with Gasteiger partial charge in [-0.05, 0) is 65.2 Å². The molecule has 13 fully saturated rings. The Morgan fingerprint density at radius 2 is 0.685 bits per heavy atom. The Kier molecular flexibility index (Phi) is 40.8. The van der Waals surface area contributed by atoms with Gasteiger partial charge in [-0.1, -0.05) is 20.8 Å². The number of rotatable bonds is 30. The van der Waals surface area contributed by atoms with Gasteiger partial charge in [0, 0.05) is 98.8 Å². The zero-order valence-electron chi connectivity index (χ0n) is 74.1. The van der Waals surface area contributed by atoms with Gasteiger partial charge in [-0.25, -0.2) is 0 Å². The summed E-state index contributed by atoms with van der Waals surface area (Å²) in [6.07, 6.45) is -40.7. The van der Waals surface area contributed by atoms with Gasteiger partial charge in [-0.2, -0.15) is 0 Å². The molecular weight excluding hydrogens is 1730 g/mol. The molecule has 0 bridgehead atoms. The minimum Gasteiger partial charge on any atom is -0.395 e. The Balaban J connectivity index is 0.000000189. The van der Waals surface area contributed by atoms with Crippen LogP contribution in [0.5, 0.6) is 0 Å². The molecule has 0 spiro atoms. The van der Waals surface area contributed by atoms with Crippen LogP contribution in [-0.2, 0) is 90.0 Å². The van der Waals surface area contributed by atoms with Crippen molar-refractivity contribution in [2.45, 2.75) is 404 Å². The van der Waals surface area contributed by atoms with Crippen molar-refractivity contribution in [2.24, 2.45) is 92.3 Å². The van der Waals surface area contributed by atoms with Crippen LogP contribution in [0.25, 0.3) is 0 Å². The molecule has 51 nitrogen and oxygen atoms in total.